The van der Waals surface area contributed by atoms with E-state index in [1.165, 1.54) is 10.8 Å². The van der Waals surface area contributed by atoms with E-state index >= 15 is 0 Å². The summed E-state index contributed by atoms with van der Waals surface area (Å²) < 4.78 is 11.3. The van der Waals surface area contributed by atoms with Gasteiger partial charge in [0.05, 0.1) is 16.8 Å². The first-order valence-corrected chi connectivity index (χ1v) is 12.0. The fourth-order valence-corrected chi connectivity index (χ4v) is 5.83. The Balaban J connectivity index is 1.50. The lowest BCUT2D eigenvalue weighted by Crippen LogP contribution is -2.25. The van der Waals surface area contributed by atoms with Crippen molar-refractivity contribution in [3.05, 3.63) is 118 Å². The van der Waals surface area contributed by atoms with Crippen LogP contribution in [-0.2, 0) is 0 Å². The highest BCUT2D eigenvalue weighted by Crippen LogP contribution is 2.50. The zero-order chi connectivity index (χ0) is 23.8. The summed E-state index contributed by atoms with van der Waals surface area (Å²) >= 11 is 0. The van der Waals surface area contributed by atoms with Crippen molar-refractivity contribution in [2.75, 3.05) is 12.1 Å². The molecule has 172 valence electrons. The van der Waals surface area contributed by atoms with E-state index in [0.29, 0.717) is 11.3 Å². The number of ether oxygens (including phenoxy) is 2. The van der Waals surface area contributed by atoms with E-state index < -0.39 is 0 Å². The molecule has 8 rings (SSSR count). The van der Waals surface area contributed by atoms with Crippen LogP contribution >= 0.6 is 0 Å². The number of benzene rings is 5. The number of rotatable bonds is 1. The predicted molar refractivity (Wildman–Crippen MR) is 143 cm³/mol. The van der Waals surface area contributed by atoms with Crippen molar-refractivity contribution in [3.63, 3.8) is 0 Å². The summed E-state index contributed by atoms with van der Waals surface area (Å²) in [4.78, 5) is 16.8. The van der Waals surface area contributed by atoms with Crippen molar-refractivity contribution in [1.29, 1.82) is 0 Å². The van der Waals surface area contributed by atoms with Crippen LogP contribution in [0.25, 0.3) is 32.4 Å². The zero-order valence-electron chi connectivity index (χ0n) is 19.2. The molecular weight excluding hydrogens is 448 g/mol. The quantitative estimate of drug-likeness (QED) is 0.260. The smallest absolute Gasteiger partial charge is 0.254 e. The van der Waals surface area contributed by atoms with E-state index in [4.69, 9.17) is 9.47 Å². The lowest BCUT2D eigenvalue weighted by molar-refractivity contribution is 0.174. The summed E-state index contributed by atoms with van der Waals surface area (Å²) in [5.74, 6) is 1.14. The van der Waals surface area contributed by atoms with E-state index in [0.717, 1.165) is 49.9 Å². The Kier molecular flexibility index (Phi) is 3.86. The molecule has 36 heavy (non-hydrogen) atoms. The number of hydrogen-bond donors (Lipinski definition) is 2. The Labute approximate surface area is 205 Å². The number of H-pyrrole nitrogens is 1. The number of aromatic nitrogens is 1. The molecule has 5 aromatic carbocycles. The largest absolute Gasteiger partial charge is 0.454 e. The lowest BCUT2D eigenvalue weighted by atomic mass is 9.78. The molecule has 1 aromatic heterocycles. The van der Waals surface area contributed by atoms with Gasteiger partial charge in [-0.2, -0.15) is 0 Å². The number of aromatic amines is 1. The minimum absolute atomic E-state index is 0.0951. The molecule has 0 amide bonds. The van der Waals surface area contributed by atoms with Crippen LogP contribution in [0.3, 0.4) is 0 Å². The zero-order valence-corrected chi connectivity index (χ0v) is 19.2. The molecule has 0 spiro atoms. The standard InChI is InChI=1S/C31H20N2O3/c34-31-29-27(20-10-12-25-26(15-20)36-16-35-25)28-22-14-18-6-2-1-5-17(18)13-19(22)9-11-24(28)32-30(29)21-7-3-4-8-23(21)33-31/h1-15,27,32H,16H2,(H,33,34). The summed E-state index contributed by atoms with van der Waals surface area (Å²) in [7, 11) is 0. The van der Waals surface area contributed by atoms with Crippen molar-refractivity contribution in [3.8, 4) is 11.5 Å². The van der Waals surface area contributed by atoms with Gasteiger partial charge in [0.25, 0.3) is 5.56 Å². The highest BCUT2D eigenvalue weighted by molar-refractivity contribution is 6.05. The molecule has 6 aromatic rings. The molecule has 2 N–H and O–H groups in total. The Morgan fingerprint density at radius 2 is 1.50 bits per heavy atom. The Morgan fingerprint density at radius 3 is 2.42 bits per heavy atom. The summed E-state index contributed by atoms with van der Waals surface area (Å²) in [5.41, 5.74) is 5.36. The maximum absolute atomic E-state index is 13.7. The first-order chi connectivity index (χ1) is 17.7. The average Bonchev–Trinajstić information content (AvgIpc) is 3.39. The van der Waals surface area contributed by atoms with Crippen LogP contribution in [-0.4, -0.2) is 11.8 Å². The third-order valence-electron chi connectivity index (χ3n) is 7.45. The van der Waals surface area contributed by atoms with E-state index in [1.54, 1.807) is 0 Å². The van der Waals surface area contributed by atoms with E-state index in [2.05, 4.69) is 58.8 Å². The molecule has 0 saturated heterocycles. The predicted octanol–water partition coefficient (Wildman–Crippen LogP) is 6.80. The van der Waals surface area contributed by atoms with Crippen molar-refractivity contribution >= 4 is 43.8 Å². The van der Waals surface area contributed by atoms with Gasteiger partial charge in [0.2, 0.25) is 6.79 Å². The Morgan fingerprint density at radius 1 is 0.694 bits per heavy atom. The average molecular weight is 469 g/mol. The molecule has 1 atom stereocenters. The van der Waals surface area contributed by atoms with Gasteiger partial charge in [-0.15, -0.1) is 0 Å². The lowest BCUT2D eigenvalue weighted by Gasteiger charge is -2.31. The fourth-order valence-electron chi connectivity index (χ4n) is 5.83. The minimum atomic E-state index is -0.288. The van der Waals surface area contributed by atoms with Crippen LogP contribution in [0.2, 0.25) is 0 Å². The van der Waals surface area contributed by atoms with Crippen LogP contribution in [0.1, 0.15) is 22.6 Å². The van der Waals surface area contributed by atoms with Crippen molar-refractivity contribution in [2.24, 2.45) is 0 Å². The van der Waals surface area contributed by atoms with Crippen LogP contribution in [0, 0.1) is 0 Å². The van der Waals surface area contributed by atoms with Gasteiger partial charge < -0.3 is 19.8 Å². The molecule has 0 saturated carbocycles. The van der Waals surface area contributed by atoms with Gasteiger partial charge in [-0.1, -0.05) is 54.6 Å². The van der Waals surface area contributed by atoms with Crippen molar-refractivity contribution in [1.82, 2.24) is 4.98 Å². The van der Waals surface area contributed by atoms with Gasteiger partial charge in [-0.25, -0.2) is 0 Å². The van der Waals surface area contributed by atoms with Crippen molar-refractivity contribution < 1.29 is 9.47 Å². The van der Waals surface area contributed by atoms with E-state index in [-0.39, 0.29) is 18.3 Å². The highest BCUT2D eigenvalue weighted by atomic mass is 16.7. The number of para-hydroxylation sites is 1. The third kappa shape index (κ3) is 2.68. The fraction of sp³-hybridized carbons (Fsp3) is 0.0645. The van der Waals surface area contributed by atoms with Crippen LogP contribution in [0.15, 0.2) is 95.8 Å². The first kappa shape index (κ1) is 19.5. The second kappa shape index (κ2) is 7.12. The molecular formula is C31H20N2O3. The maximum atomic E-state index is 13.7. The molecule has 0 radical (unpaired) electrons. The molecule has 0 fully saturated rings. The van der Waals surface area contributed by atoms with Gasteiger partial charge in [0.15, 0.2) is 11.5 Å². The number of anilines is 2. The summed E-state index contributed by atoms with van der Waals surface area (Å²) in [5, 5.41) is 9.25. The number of pyridine rings is 1. The minimum Gasteiger partial charge on any atom is -0.454 e. The molecule has 2 aliphatic rings. The topological polar surface area (TPSA) is 63.4 Å². The summed E-state index contributed by atoms with van der Waals surface area (Å²) in [6, 6.07) is 31.1. The van der Waals surface area contributed by atoms with E-state index in [9.17, 15) is 4.79 Å². The molecule has 1 unspecified atom stereocenters. The molecule has 3 heterocycles. The van der Waals surface area contributed by atoms with Crippen LogP contribution in [0.5, 0.6) is 11.5 Å². The molecule has 5 nitrogen and oxygen atoms in total. The first-order valence-electron chi connectivity index (χ1n) is 12.0. The SMILES string of the molecule is O=c1[nH]c2ccccc2c2c1C(c1ccc3c(c1)OCO3)c1c(ccc3cc4ccccc4cc13)N2. The van der Waals surface area contributed by atoms with Gasteiger partial charge in [0.1, 0.15) is 0 Å². The Bertz CT molecular complexity index is 1940. The second-order valence-electron chi connectivity index (χ2n) is 9.41. The number of nitrogens with one attached hydrogen (secondary N) is 2. The number of hydrogen-bond acceptors (Lipinski definition) is 4. The van der Waals surface area contributed by atoms with Crippen LogP contribution < -0.4 is 20.3 Å². The van der Waals surface area contributed by atoms with Gasteiger partial charge in [-0.3, -0.25) is 4.79 Å². The molecule has 5 heteroatoms. The van der Waals surface area contributed by atoms with Gasteiger partial charge in [0, 0.05) is 17.0 Å². The van der Waals surface area contributed by atoms with Crippen molar-refractivity contribution in [2.45, 2.75) is 5.92 Å². The monoisotopic (exact) mass is 468 g/mol. The van der Waals surface area contributed by atoms with Gasteiger partial charge >= 0.3 is 0 Å². The van der Waals surface area contributed by atoms with Crippen LogP contribution in [0.4, 0.5) is 11.4 Å². The number of fused-ring (bicyclic) bond motifs is 8. The highest BCUT2D eigenvalue weighted by Gasteiger charge is 2.33. The Hall–Kier alpha value is -4.77. The van der Waals surface area contributed by atoms with Gasteiger partial charge in [-0.05, 0) is 69.1 Å². The second-order valence-corrected chi connectivity index (χ2v) is 9.41. The third-order valence-corrected chi connectivity index (χ3v) is 7.45. The summed E-state index contributed by atoms with van der Waals surface area (Å²) in [6.45, 7) is 0.207. The normalized spacial score (nSPS) is 15.6. The van der Waals surface area contributed by atoms with E-state index in [1.807, 2.05) is 42.5 Å². The molecule has 0 bridgehead atoms. The summed E-state index contributed by atoms with van der Waals surface area (Å²) in [6.07, 6.45) is 0. The molecule has 0 aliphatic carbocycles. The maximum Gasteiger partial charge on any atom is 0.254 e. The molecule has 2 aliphatic heterocycles.